The molecule has 0 bridgehead atoms. The van der Waals surface area contributed by atoms with Gasteiger partial charge in [-0.25, -0.2) is 4.79 Å². The van der Waals surface area contributed by atoms with Crippen LogP contribution in [0.2, 0.25) is 10.0 Å². The SMILES string of the molecule is COCCOC(=O)C1=C(C)NC2=C(C(=O)C[C@H](c3ccc(OC)c(OC)c3)C2)[C@H]1c1ccc(Cl)cc1Cl. The molecule has 1 heterocycles. The first-order chi connectivity index (χ1) is 17.8. The second-order valence-electron chi connectivity index (χ2n) is 8.93. The Kier molecular flexibility index (Phi) is 8.47. The lowest BCUT2D eigenvalue weighted by atomic mass is 9.71. The largest absolute Gasteiger partial charge is 0.493 e. The summed E-state index contributed by atoms with van der Waals surface area (Å²) in [5.74, 6) is -0.139. The third kappa shape index (κ3) is 5.49. The highest BCUT2D eigenvalue weighted by Crippen LogP contribution is 2.48. The predicted molar refractivity (Wildman–Crippen MR) is 141 cm³/mol. The number of halogens is 2. The standard InChI is InChI=1S/C28H29Cl2NO6/c1-15-25(28(33)37-10-9-34-2)26(19-7-6-18(29)14-20(19)30)27-21(31-15)11-17(12-22(27)32)16-5-8-23(35-3)24(13-16)36-4/h5-8,13-14,17,26,31H,9-12H2,1-4H3/t17-,26+/m1/s1. The number of benzene rings is 2. The average molecular weight is 546 g/mol. The zero-order chi connectivity index (χ0) is 26.7. The minimum absolute atomic E-state index is 0.0701. The number of ether oxygens (including phenoxy) is 4. The van der Waals surface area contributed by atoms with Gasteiger partial charge in [0.05, 0.1) is 26.4 Å². The Balaban J connectivity index is 1.76. The Labute approximate surface area is 226 Å². The maximum absolute atomic E-state index is 13.8. The lowest BCUT2D eigenvalue weighted by Crippen LogP contribution is -2.36. The fraction of sp³-hybridized carbons (Fsp3) is 0.357. The molecule has 37 heavy (non-hydrogen) atoms. The Hall–Kier alpha value is -3.00. The van der Waals surface area contributed by atoms with Crippen LogP contribution >= 0.6 is 23.2 Å². The van der Waals surface area contributed by atoms with E-state index in [-0.39, 0.29) is 31.3 Å². The number of nitrogens with one attached hydrogen (secondary N) is 1. The van der Waals surface area contributed by atoms with Gasteiger partial charge >= 0.3 is 5.97 Å². The first kappa shape index (κ1) is 27.0. The molecule has 0 spiro atoms. The molecule has 4 rings (SSSR count). The molecule has 0 saturated heterocycles. The van der Waals surface area contributed by atoms with E-state index in [0.717, 1.165) is 11.3 Å². The summed E-state index contributed by atoms with van der Waals surface area (Å²) in [4.78, 5) is 27.0. The molecular formula is C28H29Cl2NO6. The molecule has 1 aliphatic carbocycles. The van der Waals surface area contributed by atoms with Crippen molar-refractivity contribution in [2.45, 2.75) is 31.6 Å². The summed E-state index contributed by atoms with van der Waals surface area (Å²) in [5, 5.41) is 4.17. The van der Waals surface area contributed by atoms with Gasteiger partial charge in [0.25, 0.3) is 0 Å². The van der Waals surface area contributed by atoms with Crippen molar-refractivity contribution >= 4 is 35.0 Å². The first-order valence-corrected chi connectivity index (χ1v) is 12.6. The Morgan fingerprint density at radius 2 is 1.76 bits per heavy atom. The van der Waals surface area contributed by atoms with Gasteiger partial charge in [-0.05, 0) is 54.7 Å². The highest BCUT2D eigenvalue weighted by atomic mass is 35.5. The Morgan fingerprint density at radius 3 is 2.43 bits per heavy atom. The van der Waals surface area contributed by atoms with E-state index in [4.69, 9.17) is 42.1 Å². The molecule has 2 aliphatic rings. The summed E-state index contributed by atoms with van der Waals surface area (Å²) in [6.45, 7) is 2.16. The van der Waals surface area contributed by atoms with Crippen molar-refractivity contribution in [3.63, 3.8) is 0 Å². The van der Waals surface area contributed by atoms with E-state index < -0.39 is 11.9 Å². The van der Waals surface area contributed by atoms with Crippen molar-refractivity contribution in [1.82, 2.24) is 5.32 Å². The number of allylic oxidation sites excluding steroid dienone is 3. The molecular weight excluding hydrogens is 517 g/mol. The number of rotatable bonds is 8. The number of dihydropyridines is 1. The molecule has 0 saturated carbocycles. The maximum atomic E-state index is 13.8. The zero-order valence-corrected chi connectivity index (χ0v) is 22.7. The molecule has 0 radical (unpaired) electrons. The van der Waals surface area contributed by atoms with Crippen LogP contribution in [0.4, 0.5) is 0 Å². The number of esters is 1. The fourth-order valence-corrected chi connectivity index (χ4v) is 5.51. The maximum Gasteiger partial charge on any atom is 0.336 e. The van der Waals surface area contributed by atoms with Crippen LogP contribution in [-0.2, 0) is 19.1 Å². The van der Waals surface area contributed by atoms with Gasteiger partial charge in [-0.15, -0.1) is 0 Å². The minimum Gasteiger partial charge on any atom is -0.493 e. The van der Waals surface area contributed by atoms with Gasteiger partial charge < -0.3 is 24.3 Å². The van der Waals surface area contributed by atoms with Crippen molar-refractivity contribution in [2.75, 3.05) is 34.5 Å². The van der Waals surface area contributed by atoms with Gasteiger partial charge in [-0.3, -0.25) is 4.79 Å². The molecule has 2 atom stereocenters. The van der Waals surface area contributed by atoms with Crippen molar-refractivity contribution in [3.8, 4) is 11.5 Å². The smallest absolute Gasteiger partial charge is 0.336 e. The highest BCUT2D eigenvalue weighted by Gasteiger charge is 2.42. The summed E-state index contributed by atoms with van der Waals surface area (Å²) in [7, 11) is 4.70. The van der Waals surface area contributed by atoms with Crippen LogP contribution in [0, 0.1) is 0 Å². The molecule has 0 amide bonds. The first-order valence-electron chi connectivity index (χ1n) is 11.9. The van der Waals surface area contributed by atoms with Crippen LogP contribution < -0.4 is 14.8 Å². The van der Waals surface area contributed by atoms with E-state index in [9.17, 15) is 9.59 Å². The number of Topliss-reactive ketones (excluding diaryl/α,β-unsaturated/α-hetero) is 1. The molecule has 0 fully saturated rings. The predicted octanol–water partition coefficient (Wildman–Crippen LogP) is 5.56. The van der Waals surface area contributed by atoms with Gasteiger partial charge in [0, 0.05) is 46.5 Å². The summed E-state index contributed by atoms with van der Waals surface area (Å²) < 4.78 is 21.3. The zero-order valence-electron chi connectivity index (χ0n) is 21.2. The number of carbonyl (C=O) groups is 2. The lowest BCUT2D eigenvalue weighted by Gasteiger charge is -2.37. The molecule has 1 N–H and O–H groups in total. The van der Waals surface area contributed by atoms with E-state index in [1.807, 2.05) is 18.2 Å². The van der Waals surface area contributed by atoms with Crippen LogP contribution in [0.25, 0.3) is 0 Å². The summed E-state index contributed by atoms with van der Waals surface area (Å²) in [5.41, 5.74) is 3.82. The number of ketones is 1. The van der Waals surface area contributed by atoms with Crippen LogP contribution in [0.1, 0.15) is 42.7 Å². The second-order valence-corrected chi connectivity index (χ2v) is 9.77. The molecule has 196 valence electrons. The molecule has 0 unspecified atom stereocenters. The number of hydrogen-bond acceptors (Lipinski definition) is 7. The normalized spacial score (nSPS) is 19.4. The second kappa shape index (κ2) is 11.6. The lowest BCUT2D eigenvalue weighted by molar-refractivity contribution is -0.140. The van der Waals surface area contributed by atoms with Crippen LogP contribution in [0.5, 0.6) is 11.5 Å². The van der Waals surface area contributed by atoms with Crippen molar-refractivity contribution in [1.29, 1.82) is 0 Å². The molecule has 7 nitrogen and oxygen atoms in total. The third-order valence-corrected chi connectivity index (χ3v) is 7.28. The monoisotopic (exact) mass is 545 g/mol. The van der Waals surface area contributed by atoms with E-state index in [0.29, 0.717) is 50.4 Å². The van der Waals surface area contributed by atoms with E-state index in [1.54, 1.807) is 39.3 Å². The summed E-state index contributed by atoms with van der Waals surface area (Å²) in [6.07, 6.45) is 0.838. The molecule has 0 aromatic heterocycles. The van der Waals surface area contributed by atoms with Gasteiger partial charge in [0.1, 0.15) is 6.61 Å². The Bertz CT molecular complexity index is 1290. The number of hydrogen-bond donors (Lipinski definition) is 1. The molecule has 9 heteroatoms. The fourth-order valence-electron chi connectivity index (χ4n) is 4.99. The van der Waals surface area contributed by atoms with E-state index in [2.05, 4.69) is 5.32 Å². The van der Waals surface area contributed by atoms with Crippen LogP contribution in [0.3, 0.4) is 0 Å². The third-order valence-electron chi connectivity index (χ3n) is 6.72. The molecule has 2 aromatic carbocycles. The van der Waals surface area contributed by atoms with Gasteiger partial charge in [-0.2, -0.15) is 0 Å². The molecule has 1 aliphatic heterocycles. The van der Waals surface area contributed by atoms with Crippen LogP contribution in [0.15, 0.2) is 58.9 Å². The van der Waals surface area contributed by atoms with E-state index in [1.165, 1.54) is 7.11 Å². The van der Waals surface area contributed by atoms with Gasteiger partial charge in [0.15, 0.2) is 17.3 Å². The highest BCUT2D eigenvalue weighted by molar-refractivity contribution is 6.35. The van der Waals surface area contributed by atoms with Gasteiger partial charge in [-0.1, -0.05) is 35.3 Å². The average Bonchev–Trinajstić information content (AvgIpc) is 2.87. The number of methoxy groups -OCH3 is 3. The minimum atomic E-state index is -0.685. The van der Waals surface area contributed by atoms with Crippen molar-refractivity contribution < 1.29 is 28.5 Å². The number of carbonyl (C=O) groups excluding carboxylic acids is 2. The van der Waals surface area contributed by atoms with Crippen molar-refractivity contribution in [3.05, 3.63) is 80.1 Å². The van der Waals surface area contributed by atoms with Gasteiger partial charge in [0.2, 0.25) is 0 Å². The quantitative estimate of drug-likeness (QED) is 0.343. The van der Waals surface area contributed by atoms with Crippen molar-refractivity contribution in [2.24, 2.45) is 0 Å². The molecule has 2 aromatic rings. The summed E-state index contributed by atoms with van der Waals surface area (Å²) in [6, 6.07) is 10.8. The van der Waals surface area contributed by atoms with Crippen LogP contribution in [-0.4, -0.2) is 46.3 Å². The summed E-state index contributed by atoms with van der Waals surface area (Å²) >= 11 is 12.8. The van der Waals surface area contributed by atoms with E-state index >= 15 is 0 Å². The Morgan fingerprint density at radius 1 is 1.00 bits per heavy atom. The topological polar surface area (TPSA) is 83.1 Å².